The molecule has 1 amide bonds. The van der Waals surface area contributed by atoms with E-state index in [0.717, 1.165) is 5.75 Å². The number of amides is 1. The first-order valence-corrected chi connectivity index (χ1v) is 5.96. The maximum Gasteiger partial charge on any atom is 0.253 e. The number of hydrogen-bond donors (Lipinski definition) is 0. The van der Waals surface area contributed by atoms with Crippen molar-refractivity contribution in [2.24, 2.45) is 5.92 Å². The van der Waals surface area contributed by atoms with E-state index in [9.17, 15) is 4.79 Å². The fourth-order valence-corrected chi connectivity index (χ4v) is 1.62. The Morgan fingerprint density at radius 1 is 1.44 bits per heavy atom. The molecule has 0 aliphatic rings. The molecule has 0 heterocycles. The predicted molar refractivity (Wildman–Crippen MR) is 69.3 cm³/mol. The van der Waals surface area contributed by atoms with Crippen molar-refractivity contribution in [1.29, 1.82) is 5.26 Å². The van der Waals surface area contributed by atoms with E-state index >= 15 is 0 Å². The maximum absolute atomic E-state index is 12.0. The first-order chi connectivity index (χ1) is 8.58. The molecular weight excluding hydrogens is 228 g/mol. The fourth-order valence-electron chi connectivity index (χ4n) is 1.62. The summed E-state index contributed by atoms with van der Waals surface area (Å²) in [5.74, 6) is 0.504. The Morgan fingerprint density at radius 2 is 2.06 bits per heavy atom. The number of hydrogen-bond acceptors (Lipinski definition) is 3. The average molecular weight is 246 g/mol. The third-order valence-electron chi connectivity index (χ3n) is 2.53. The van der Waals surface area contributed by atoms with Gasteiger partial charge in [-0.2, -0.15) is 5.26 Å². The van der Waals surface area contributed by atoms with Crippen LogP contribution in [0.2, 0.25) is 0 Å². The molecule has 18 heavy (non-hydrogen) atoms. The molecule has 0 aliphatic carbocycles. The van der Waals surface area contributed by atoms with Crippen LogP contribution in [0.1, 0.15) is 24.2 Å². The summed E-state index contributed by atoms with van der Waals surface area (Å²) in [7, 11) is 1.70. The molecule has 0 saturated carbocycles. The molecule has 0 fully saturated rings. The summed E-state index contributed by atoms with van der Waals surface area (Å²) in [5, 5.41) is 8.73. The van der Waals surface area contributed by atoms with Gasteiger partial charge in [0.2, 0.25) is 0 Å². The zero-order chi connectivity index (χ0) is 13.5. The van der Waals surface area contributed by atoms with E-state index in [-0.39, 0.29) is 11.8 Å². The van der Waals surface area contributed by atoms with E-state index in [1.807, 2.05) is 6.92 Å². The highest BCUT2D eigenvalue weighted by molar-refractivity contribution is 5.94. The number of carbonyl (C=O) groups is 1. The van der Waals surface area contributed by atoms with Crippen LogP contribution in [0.5, 0.6) is 5.75 Å². The normalized spacial score (nSPS) is 11.4. The maximum atomic E-state index is 12.0. The van der Waals surface area contributed by atoms with Crippen molar-refractivity contribution in [3.63, 3.8) is 0 Å². The van der Waals surface area contributed by atoms with E-state index in [1.54, 1.807) is 43.1 Å². The quantitative estimate of drug-likeness (QED) is 0.801. The van der Waals surface area contributed by atoms with Gasteiger partial charge in [0, 0.05) is 19.2 Å². The standard InChI is InChI=1S/C14H18N2O2/c1-4-18-13-7-5-12(6-8-13)14(17)16(3)10-11(2)9-15/h5-8,11H,4,10H2,1-3H3. The zero-order valence-electron chi connectivity index (χ0n) is 11.0. The van der Waals surface area contributed by atoms with Crippen molar-refractivity contribution in [2.75, 3.05) is 20.2 Å². The van der Waals surface area contributed by atoms with Crippen molar-refractivity contribution >= 4 is 5.91 Å². The van der Waals surface area contributed by atoms with Crippen LogP contribution < -0.4 is 4.74 Å². The summed E-state index contributed by atoms with van der Waals surface area (Å²) in [5.41, 5.74) is 0.603. The lowest BCUT2D eigenvalue weighted by atomic mass is 10.1. The molecule has 0 bridgehead atoms. The summed E-state index contributed by atoms with van der Waals surface area (Å²) in [6.45, 7) is 4.74. The van der Waals surface area contributed by atoms with Crippen molar-refractivity contribution in [1.82, 2.24) is 4.90 Å². The van der Waals surface area contributed by atoms with E-state index in [2.05, 4.69) is 6.07 Å². The topological polar surface area (TPSA) is 53.3 Å². The lowest BCUT2D eigenvalue weighted by Crippen LogP contribution is -2.30. The highest BCUT2D eigenvalue weighted by atomic mass is 16.5. The number of ether oxygens (including phenoxy) is 1. The smallest absolute Gasteiger partial charge is 0.253 e. The van der Waals surface area contributed by atoms with Gasteiger partial charge in [0.15, 0.2) is 0 Å². The van der Waals surface area contributed by atoms with Gasteiger partial charge in [-0.25, -0.2) is 0 Å². The van der Waals surface area contributed by atoms with Crippen LogP contribution in [-0.4, -0.2) is 31.0 Å². The van der Waals surface area contributed by atoms with E-state index in [1.165, 1.54) is 0 Å². The third-order valence-corrected chi connectivity index (χ3v) is 2.53. The first-order valence-electron chi connectivity index (χ1n) is 5.96. The van der Waals surface area contributed by atoms with Gasteiger partial charge in [0.05, 0.1) is 18.6 Å². The third kappa shape index (κ3) is 3.77. The van der Waals surface area contributed by atoms with Gasteiger partial charge < -0.3 is 9.64 Å². The second-order valence-corrected chi connectivity index (χ2v) is 4.17. The number of carbonyl (C=O) groups excluding carboxylic acids is 1. The Labute approximate surface area is 108 Å². The molecule has 96 valence electrons. The number of benzene rings is 1. The monoisotopic (exact) mass is 246 g/mol. The summed E-state index contributed by atoms with van der Waals surface area (Å²) in [6, 6.07) is 9.14. The van der Waals surface area contributed by atoms with Crippen LogP contribution in [0.3, 0.4) is 0 Å². The molecule has 1 unspecified atom stereocenters. The van der Waals surface area contributed by atoms with Gasteiger partial charge in [-0.3, -0.25) is 4.79 Å². The Balaban J connectivity index is 2.69. The van der Waals surface area contributed by atoms with Crippen molar-refractivity contribution < 1.29 is 9.53 Å². The molecule has 0 saturated heterocycles. The van der Waals surface area contributed by atoms with Gasteiger partial charge in [-0.05, 0) is 38.1 Å². The average Bonchev–Trinajstić information content (AvgIpc) is 2.39. The first kappa shape index (κ1) is 14.0. The molecule has 4 nitrogen and oxygen atoms in total. The van der Waals surface area contributed by atoms with Crippen LogP contribution in [0.4, 0.5) is 0 Å². The molecule has 1 aromatic rings. The van der Waals surface area contributed by atoms with Crippen molar-refractivity contribution in [3.05, 3.63) is 29.8 Å². The van der Waals surface area contributed by atoms with Crippen LogP contribution in [0, 0.1) is 17.2 Å². The molecule has 0 radical (unpaired) electrons. The van der Waals surface area contributed by atoms with Gasteiger partial charge in [-0.1, -0.05) is 0 Å². The largest absolute Gasteiger partial charge is 0.494 e. The van der Waals surface area contributed by atoms with Gasteiger partial charge in [0.25, 0.3) is 5.91 Å². The minimum atomic E-state index is -0.165. The van der Waals surface area contributed by atoms with E-state index < -0.39 is 0 Å². The molecule has 0 N–H and O–H groups in total. The molecular formula is C14H18N2O2. The number of rotatable bonds is 5. The molecule has 0 aromatic heterocycles. The second kappa shape index (κ2) is 6.65. The minimum Gasteiger partial charge on any atom is -0.494 e. The summed E-state index contributed by atoms with van der Waals surface area (Å²) < 4.78 is 5.32. The Hall–Kier alpha value is -2.02. The minimum absolute atomic E-state index is 0.0832. The molecule has 1 rings (SSSR count). The highest BCUT2D eigenvalue weighted by Crippen LogP contribution is 2.13. The Kier molecular flexibility index (Phi) is 5.19. The molecule has 0 aliphatic heterocycles. The van der Waals surface area contributed by atoms with E-state index in [0.29, 0.717) is 18.7 Å². The van der Waals surface area contributed by atoms with E-state index in [4.69, 9.17) is 10.00 Å². The summed E-state index contributed by atoms with van der Waals surface area (Å²) in [6.07, 6.45) is 0. The van der Waals surface area contributed by atoms with Crippen LogP contribution in [-0.2, 0) is 0 Å². The molecule has 0 spiro atoms. The number of nitrogens with zero attached hydrogens (tertiary/aromatic N) is 2. The van der Waals surface area contributed by atoms with Gasteiger partial charge >= 0.3 is 0 Å². The molecule has 1 aromatic carbocycles. The van der Waals surface area contributed by atoms with Gasteiger partial charge in [-0.15, -0.1) is 0 Å². The summed E-state index contributed by atoms with van der Waals surface area (Å²) in [4.78, 5) is 13.6. The number of nitriles is 1. The predicted octanol–water partition coefficient (Wildman–Crippen LogP) is 2.32. The fraction of sp³-hybridized carbons (Fsp3) is 0.429. The van der Waals surface area contributed by atoms with Crippen molar-refractivity contribution in [2.45, 2.75) is 13.8 Å². The van der Waals surface area contributed by atoms with Crippen LogP contribution in [0.25, 0.3) is 0 Å². The summed E-state index contributed by atoms with van der Waals surface area (Å²) >= 11 is 0. The Bertz CT molecular complexity index is 434. The molecule has 4 heteroatoms. The SMILES string of the molecule is CCOc1ccc(C(=O)N(C)CC(C)C#N)cc1. The lowest BCUT2D eigenvalue weighted by Gasteiger charge is -2.18. The van der Waals surface area contributed by atoms with Gasteiger partial charge in [0.1, 0.15) is 5.75 Å². The highest BCUT2D eigenvalue weighted by Gasteiger charge is 2.14. The van der Waals surface area contributed by atoms with Crippen LogP contribution >= 0.6 is 0 Å². The van der Waals surface area contributed by atoms with Crippen LogP contribution in [0.15, 0.2) is 24.3 Å². The second-order valence-electron chi connectivity index (χ2n) is 4.17. The van der Waals surface area contributed by atoms with Crippen molar-refractivity contribution in [3.8, 4) is 11.8 Å². The Morgan fingerprint density at radius 3 is 2.56 bits per heavy atom. The zero-order valence-corrected chi connectivity index (χ0v) is 11.0. The lowest BCUT2D eigenvalue weighted by molar-refractivity contribution is 0.0785. The molecule has 1 atom stereocenters.